The van der Waals surface area contributed by atoms with Gasteiger partial charge in [0, 0.05) is 22.8 Å². The molecule has 0 aromatic heterocycles. The lowest BCUT2D eigenvalue weighted by Gasteiger charge is -2.18. The van der Waals surface area contributed by atoms with E-state index in [4.69, 9.17) is 0 Å². The highest BCUT2D eigenvalue weighted by atomic mass is 16.2. The first kappa shape index (κ1) is 21.4. The van der Waals surface area contributed by atoms with Crippen molar-refractivity contribution < 1.29 is 14.4 Å². The summed E-state index contributed by atoms with van der Waals surface area (Å²) >= 11 is 0. The van der Waals surface area contributed by atoms with Crippen molar-refractivity contribution in [3.63, 3.8) is 0 Å². The van der Waals surface area contributed by atoms with Crippen molar-refractivity contribution >= 4 is 34.8 Å². The highest BCUT2D eigenvalue weighted by molar-refractivity contribution is 6.04. The Kier molecular flexibility index (Phi) is 6.40. The average molecular weight is 409 g/mol. The molecule has 0 spiro atoms. The normalized spacial score (nSPS) is 13.3. The summed E-state index contributed by atoms with van der Waals surface area (Å²) in [6, 6.07) is 14.4. The largest absolute Gasteiger partial charge is 0.376 e. The van der Waals surface area contributed by atoms with Crippen molar-refractivity contribution in [2.75, 3.05) is 22.5 Å². The van der Waals surface area contributed by atoms with Gasteiger partial charge in [0.2, 0.25) is 11.8 Å². The summed E-state index contributed by atoms with van der Waals surface area (Å²) in [4.78, 5) is 36.9. The Morgan fingerprint density at radius 3 is 2.33 bits per heavy atom. The highest BCUT2D eigenvalue weighted by Crippen LogP contribution is 2.22. The van der Waals surface area contributed by atoms with Crippen LogP contribution in [0.3, 0.4) is 0 Å². The molecule has 0 bridgehead atoms. The summed E-state index contributed by atoms with van der Waals surface area (Å²) in [6.45, 7) is 5.56. The predicted octanol–water partition coefficient (Wildman–Crippen LogP) is 3.61. The fourth-order valence-electron chi connectivity index (χ4n) is 2.68. The van der Waals surface area contributed by atoms with Crippen LogP contribution < -0.4 is 21.3 Å². The van der Waals surface area contributed by atoms with Crippen LogP contribution in [0.25, 0.3) is 0 Å². The first-order valence-corrected chi connectivity index (χ1v) is 10.1. The molecular weight excluding hydrogens is 380 g/mol. The van der Waals surface area contributed by atoms with E-state index in [2.05, 4.69) is 21.3 Å². The number of carbonyl (C=O) groups is 3. The van der Waals surface area contributed by atoms with Gasteiger partial charge in [-0.3, -0.25) is 14.4 Å². The second-order valence-electron chi connectivity index (χ2n) is 8.48. The summed E-state index contributed by atoms with van der Waals surface area (Å²) in [5.41, 5.74) is 1.79. The van der Waals surface area contributed by atoms with E-state index in [1.807, 2.05) is 26.8 Å². The van der Waals surface area contributed by atoms with Crippen molar-refractivity contribution in [3.05, 3.63) is 54.1 Å². The molecule has 1 fully saturated rings. The minimum Gasteiger partial charge on any atom is -0.376 e. The van der Waals surface area contributed by atoms with Gasteiger partial charge in [0.05, 0.1) is 17.8 Å². The molecule has 1 aliphatic rings. The van der Waals surface area contributed by atoms with E-state index >= 15 is 0 Å². The Hall–Kier alpha value is -3.35. The van der Waals surface area contributed by atoms with E-state index in [-0.39, 0.29) is 30.3 Å². The predicted molar refractivity (Wildman–Crippen MR) is 119 cm³/mol. The molecule has 0 saturated heterocycles. The number of nitrogens with one attached hydrogen (secondary N) is 4. The van der Waals surface area contributed by atoms with Gasteiger partial charge in [-0.15, -0.1) is 0 Å². The van der Waals surface area contributed by atoms with Crippen LogP contribution in [-0.2, 0) is 9.59 Å². The molecule has 0 unspecified atom stereocenters. The van der Waals surface area contributed by atoms with E-state index in [1.54, 1.807) is 42.5 Å². The SMILES string of the molecule is CC(C)(C)C(=O)Nc1cccc(NCC(=O)Nc2ccccc2C(=O)NC2CC2)c1. The quantitative estimate of drug-likeness (QED) is 0.562. The number of para-hydroxylation sites is 1. The van der Waals surface area contributed by atoms with Gasteiger partial charge >= 0.3 is 0 Å². The molecular formula is C23H28N4O3. The van der Waals surface area contributed by atoms with Crippen LogP contribution in [0, 0.1) is 5.41 Å². The molecule has 0 aliphatic heterocycles. The maximum absolute atomic E-state index is 12.4. The van der Waals surface area contributed by atoms with Crippen molar-refractivity contribution in [3.8, 4) is 0 Å². The Labute approximate surface area is 176 Å². The molecule has 2 aromatic carbocycles. The van der Waals surface area contributed by atoms with Crippen molar-refractivity contribution in [2.45, 2.75) is 39.7 Å². The summed E-state index contributed by atoms with van der Waals surface area (Å²) in [6.07, 6.45) is 2.00. The summed E-state index contributed by atoms with van der Waals surface area (Å²) < 4.78 is 0. The van der Waals surface area contributed by atoms with Crippen LogP contribution in [0.5, 0.6) is 0 Å². The standard InChI is InChI=1S/C23H28N4O3/c1-23(2,3)22(30)26-17-8-6-7-16(13-17)24-14-20(28)27-19-10-5-4-9-18(19)21(29)25-15-11-12-15/h4-10,13,15,24H,11-12,14H2,1-3H3,(H,25,29)(H,26,30)(H,27,28). The van der Waals surface area contributed by atoms with Gasteiger partial charge in [-0.2, -0.15) is 0 Å². The monoisotopic (exact) mass is 408 g/mol. The maximum atomic E-state index is 12.4. The number of rotatable bonds is 7. The van der Waals surface area contributed by atoms with E-state index in [0.717, 1.165) is 12.8 Å². The minimum absolute atomic E-state index is 0.0231. The Bertz CT molecular complexity index is 945. The van der Waals surface area contributed by atoms with E-state index in [9.17, 15) is 14.4 Å². The average Bonchev–Trinajstić information content (AvgIpc) is 3.50. The van der Waals surface area contributed by atoms with Gasteiger partial charge in [0.15, 0.2) is 0 Å². The summed E-state index contributed by atoms with van der Waals surface area (Å²) in [7, 11) is 0. The van der Waals surface area contributed by atoms with Crippen molar-refractivity contribution in [1.29, 1.82) is 0 Å². The Morgan fingerprint density at radius 2 is 1.63 bits per heavy atom. The third kappa shape index (κ3) is 6.07. The van der Waals surface area contributed by atoms with Crippen LogP contribution in [0.2, 0.25) is 0 Å². The third-order valence-corrected chi connectivity index (χ3v) is 4.61. The maximum Gasteiger partial charge on any atom is 0.253 e. The first-order chi connectivity index (χ1) is 14.2. The van der Waals surface area contributed by atoms with Crippen molar-refractivity contribution in [2.24, 2.45) is 5.41 Å². The Balaban J connectivity index is 1.57. The summed E-state index contributed by atoms with van der Waals surface area (Å²) in [5, 5.41) is 11.6. The van der Waals surface area contributed by atoms with Crippen LogP contribution in [0.4, 0.5) is 17.1 Å². The number of hydrogen-bond donors (Lipinski definition) is 4. The van der Waals surface area contributed by atoms with Gasteiger partial charge in [-0.25, -0.2) is 0 Å². The zero-order valence-electron chi connectivity index (χ0n) is 17.5. The zero-order chi connectivity index (χ0) is 21.7. The molecule has 1 aliphatic carbocycles. The molecule has 4 N–H and O–H groups in total. The molecule has 3 rings (SSSR count). The fourth-order valence-corrected chi connectivity index (χ4v) is 2.68. The number of anilines is 3. The molecule has 158 valence electrons. The number of benzene rings is 2. The lowest BCUT2D eigenvalue weighted by atomic mass is 9.95. The minimum atomic E-state index is -0.498. The molecule has 0 radical (unpaired) electrons. The second kappa shape index (κ2) is 8.98. The molecule has 3 amide bonds. The van der Waals surface area contributed by atoms with Crippen LogP contribution in [0.1, 0.15) is 44.0 Å². The smallest absolute Gasteiger partial charge is 0.253 e. The highest BCUT2D eigenvalue weighted by Gasteiger charge is 2.25. The second-order valence-corrected chi connectivity index (χ2v) is 8.48. The molecule has 7 heteroatoms. The van der Waals surface area contributed by atoms with Gasteiger partial charge in [0.25, 0.3) is 5.91 Å². The Morgan fingerprint density at radius 1 is 0.933 bits per heavy atom. The third-order valence-electron chi connectivity index (χ3n) is 4.61. The number of carbonyl (C=O) groups excluding carboxylic acids is 3. The van der Waals surface area contributed by atoms with Crippen molar-refractivity contribution in [1.82, 2.24) is 5.32 Å². The molecule has 1 saturated carbocycles. The molecule has 0 atom stereocenters. The topological polar surface area (TPSA) is 99.3 Å². The molecule has 7 nitrogen and oxygen atoms in total. The zero-order valence-corrected chi connectivity index (χ0v) is 17.5. The van der Waals surface area contributed by atoms with E-state index < -0.39 is 5.41 Å². The van der Waals surface area contributed by atoms with Gasteiger partial charge in [-0.05, 0) is 43.2 Å². The first-order valence-electron chi connectivity index (χ1n) is 10.1. The van der Waals surface area contributed by atoms with E-state index in [0.29, 0.717) is 22.6 Å². The van der Waals surface area contributed by atoms with Crippen LogP contribution in [-0.4, -0.2) is 30.3 Å². The van der Waals surface area contributed by atoms with Crippen LogP contribution >= 0.6 is 0 Å². The van der Waals surface area contributed by atoms with Gasteiger partial charge in [0.1, 0.15) is 0 Å². The number of hydrogen-bond acceptors (Lipinski definition) is 4. The molecule has 30 heavy (non-hydrogen) atoms. The fraction of sp³-hybridized carbons (Fsp3) is 0.348. The summed E-state index contributed by atoms with van der Waals surface area (Å²) in [5.74, 6) is -0.534. The van der Waals surface area contributed by atoms with E-state index in [1.165, 1.54) is 0 Å². The van der Waals surface area contributed by atoms with Crippen LogP contribution in [0.15, 0.2) is 48.5 Å². The lowest BCUT2D eigenvalue weighted by molar-refractivity contribution is -0.123. The lowest BCUT2D eigenvalue weighted by Crippen LogP contribution is -2.28. The van der Waals surface area contributed by atoms with Gasteiger partial charge in [-0.1, -0.05) is 39.0 Å². The molecule has 2 aromatic rings. The van der Waals surface area contributed by atoms with Gasteiger partial charge < -0.3 is 21.3 Å². The number of amides is 3. The molecule has 0 heterocycles.